The lowest BCUT2D eigenvalue weighted by molar-refractivity contribution is 0.463. The van der Waals surface area contributed by atoms with Crippen LogP contribution in [-0.4, -0.2) is 17.5 Å². The second-order valence-electron chi connectivity index (χ2n) is 5.42. The van der Waals surface area contributed by atoms with Crippen LogP contribution in [0, 0.1) is 13.8 Å². The van der Waals surface area contributed by atoms with E-state index in [4.69, 9.17) is 4.42 Å². The average molecular weight is 442 g/mol. The molecule has 1 aromatic heterocycles. The lowest BCUT2D eigenvalue weighted by Gasteiger charge is -2.11. The highest BCUT2D eigenvalue weighted by Gasteiger charge is 2.06. The molecule has 0 spiro atoms. The van der Waals surface area contributed by atoms with Gasteiger partial charge in [0.15, 0.2) is 5.96 Å². The molecular weight excluding hydrogens is 415 g/mol. The number of oxazole rings is 1. The number of nitrogens with zero attached hydrogens (tertiary/aromatic N) is 2. The number of halogens is 1. The predicted molar refractivity (Wildman–Crippen MR) is 109 cm³/mol. The minimum absolute atomic E-state index is 0. The first-order valence-corrected chi connectivity index (χ1v) is 8.15. The van der Waals surface area contributed by atoms with Crippen LogP contribution in [0.5, 0.6) is 0 Å². The molecule has 2 N–H and O–H groups in total. The minimum Gasteiger partial charge on any atom is -0.444 e. The minimum atomic E-state index is 0. The first-order chi connectivity index (χ1) is 11.1. The molecule has 0 radical (unpaired) electrons. The van der Waals surface area contributed by atoms with Gasteiger partial charge in [-0.05, 0) is 38.3 Å². The molecule has 1 aromatic carbocycles. The van der Waals surface area contributed by atoms with Crippen molar-refractivity contribution >= 4 is 29.9 Å². The molecule has 0 saturated carbocycles. The molecule has 1 heterocycles. The molecule has 2 rings (SSSR count). The van der Waals surface area contributed by atoms with E-state index in [1.165, 1.54) is 11.1 Å². The summed E-state index contributed by atoms with van der Waals surface area (Å²) in [5.41, 5.74) is 3.53. The first-order valence-electron chi connectivity index (χ1n) is 8.15. The second kappa shape index (κ2) is 10.3. The topological polar surface area (TPSA) is 62.5 Å². The summed E-state index contributed by atoms with van der Waals surface area (Å²) >= 11 is 0. The van der Waals surface area contributed by atoms with Crippen LogP contribution in [0.4, 0.5) is 0 Å². The molecule has 5 nitrogen and oxygen atoms in total. The summed E-state index contributed by atoms with van der Waals surface area (Å²) in [7, 11) is 0. The highest BCUT2D eigenvalue weighted by atomic mass is 127. The molecule has 0 unspecified atom stereocenters. The predicted octanol–water partition coefficient (Wildman–Crippen LogP) is 3.73. The molecule has 0 aliphatic heterocycles. The Morgan fingerprint density at radius 3 is 2.42 bits per heavy atom. The third-order valence-electron chi connectivity index (χ3n) is 3.73. The summed E-state index contributed by atoms with van der Waals surface area (Å²) in [6.45, 7) is 10.1. The Morgan fingerprint density at radius 2 is 1.83 bits per heavy atom. The molecular formula is C18H27IN4O. The van der Waals surface area contributed by atoms with E-state index < -0.39 is 0 Å². The Kier molecular flexibility index (Phi) is 8.81. The standard InChI is InChI=1S/C18H26N4O.HI/c1-5-15-9-7-8-10-16(15)11-20-18(19-6-2)21-12-17-22-13(3)14(4)23-17;/h7-10H,5-6,11-12H2,1-4H3,(H2,19,20,21);1H. The molecule has 6 heteroatoms. The number of benzene rings is 1. The van der Waals surface area contributed by atoms with Crippen molar-refractivity contribution in [1.82, 2.24) is 15.6 Å². The van der Waals surface area contributed by atoms with Crippen LogP contribution in [0.15, 0.2) is 33.7 Å². The third kappa shape index (κ3) is 5.81. The SMILES string of the molecule is CCNC(=NCc1ccccc1CC)NCc1nc(C)c(C)o1.I. The van der Waals surface area contributed by atoms with E-state index in [1.807, 2.05) is 13.8 Å². The van der Waals surface area contributed by atoms with Gasteiger partial charge in [-0.3, -0.25) is 0 Å². The van der Waals surface area contributed by atoms with Gasteiger partial charge in [0.25, 0.3) is 0 Å². The van der Waals surface area contributed by atoms with Crippen molar-refractivity contribution in [3.63, 3.8) is 0 Å². The summed E-state index contributed by atoms with van der Waals surface area (Å²) in [6.07, 6.45) is 1.02. The van der Waals surface area contributed by atoms with Crippen LogP contribution in [0.1, 0.15) is 42.3 Å². The quantitative estimate of drug-likeness (QED) is 0.407. The van der Waals surface area contributed by atoms with Crippen LogP contribution < -0.4 is 10.6 Å². The third-order valence-corrected chi connectivity index (χ3v) is 3.73. The summed E-state index contributed by atoms with van der Waals surface area (Å²) in [5.74, 6) is 2.31. The van der Waals surface area contributed by atoms with E-state index in [0.29, 0.717) is 19.0 Å². The average Bonchev–Trinajstić information content (AvgIpc) is 2.88. The number of guanidine groups is 1. The largest absolute Gasteiger partial charge is 0.444 e. The van der Waals surface area contributed by atoms with E-state index in [0.717, 1.165) is 30.4 Å². The molecule has 0 atom stereocenters. The van der Waals surface area contributed by atoms with Crippen LogP contribution in [0.2, 0.25) is 0 Å². The zero-order chi connectivity index (χ0) is 16.7. The fourth-order valence-corrected chi connectivity index (χ4v) is 2.34. The second-order valence-corrected chi connectivity index (χ2v) is 5.42. The number of hydrogen-bond acceptors (Lipinski definition) is 3. The van der Waals surface area contributed by atoms with E-state index in [2.05, 4.69) is 58.7 Å². The maximum Gasteiger partial charge on any atom is 0.214 e. The smallest absolute Gasteiger partial charge is 0.214 e. The molecule has 0 bridgehead atoms. The molecule has 24 heavy (non-hydrogen) atoms. The van der Waals surface area contributed by atoms with E-state index in [-0.39, 0.29) is 24.0 Å². The molecule has 2 aromatic rings. The van der Waals surface area contributed by atoms with E-state index >= 15 is 0 Å². The van der Waals surface area contributed by atoms with Crippen molar-refractivity contribution in [2.24, 2.45) is 4.99 Å². The van der Waals surface area contributed by atoms with Gasteiger partial charge >= 0.3 is 0 Å². The van der Waals surface area contributed by atoms with Crippen molar-refractivity contribution < 1.29 is 4.42 Å². The number of nitrogens with one attached hydrogen (secondary N) is 2. The van der Waals surface area contributed by atoms with Crippen LogP contribution >= 0.6 is 24.0 Å². The Balaban J connectivity index is 0.00000288. The first kappa shape index (κ1) is 20.5. The fourth-order valence-electron chi connectivity index (χ4n) is 2.34. The van der Waals surface area contributed by atoms with Crippen molar-refractivity contribution in [2.75, 3.05) is 6.54 Å². The summed E-state index contributed by atoms with van der Waals surface area (Å²) < 4.78 is 5.59. The lowest BCUT2D eigenvalue weighted by atomic mass is 10.1. The number of hydrogen-bond donors (Lipinski definition) is 2. The number of aliphatic imine (C=N–C) groups is 1. The van der Waals surface area contributed by atoms with E-state index in [9.17, 15) is 0 Å². The Bertz CT molecular complexity index is 647. The van der Waals surface area contributed by atoms with Gasteiger partial charge in [-0.25, -0.2) is 9.98 Å². The monoisotopic (exact) mass is 442 g/mol. The molecule has 0 aliphatic rings. The molecule has 0 aliphatic carbocycles. The highest BCUT2D eigenvalue weighted by molar-refractivity contribution is 14.0. The fraction of sp³-hybridized carbons (Fsp3) is 0.444. The lowest BCUT2D eigenvalue weighted by Crippen LogP contribution is -2.36. The Hall–Kier alpha value is -1.57. The van der Waals surface area contributed by atoms with Crippen LogP contribution in [0.3, 0.4) is 0 Å². The zero-order valence-corrected chi connectivity index (χ0v) is 17.2. The highest BCUT2D eigenvalue weighted by Crippen LogP contribution is 2.11. The molecule has 0 amide bonds. The Labute approximate surface area is 161 Å². The Morgan fingerprint density at radius 1 is 1.12 bits per heavy atom. The molecule has 132 valence electrons. The van der Waals surface area contributed by atoms with Gasteiger partial charge in [-0.1, -0.05) is 31.2 Å². The van der Waals surface area contributed by atoms with Crippen LogP contribution in [0.25, 0.3) is 0 Å². The van der Waals surface area contributed by atoms with Gasteiger partial charge in [0, 0.05) is 6.54 Å². The van der Waals surface area contributed by atoms with Gasteiger partial charge in [0.05, 0.1) is 18.8 Å². The van der Waals surface area contributed by atoms with Gasteiger partial charge in [-0.2, -0.15) is 0 Å². The zero-order valence-electron chi connectivity index (χ0n) is 14.8. The maximum absolute atomic E-state index is 5.59. The summed E-state index contributed by atoms with van der Waals surface area (Å²) in [4.78, 5) is 9.04. The van der Waals surface area contributed by atoms with Gasteiger partial charge in [0.2, 0.25) is 5.89 Å². The summed E-state index contributed by atoms with van der Waals surface area (Å²) in [5, 5.41) is 6.52. The van der Waals surface area contributed by atoms with Gasteiger partial charge < -0.3 is 15.1 Å². The number of aryl methyl sites for hydroxylation is 3. The van der Waals surface area contributed by atoms with Crippen molar-refractivity contribution in [3.05, 3.63) is 52.7 Å². The van der Waals surface area contributed by atoms with Crippen LogP contribution in [-0.2, 0) is 19.5 Å². The van der Waals surface area contributed by atoms with Crippen molar-refractivity contribution in [2.45, 2.75) is 47.2 Å². The number of aromatic nitrogens is 1. The number of rotatable bonds is 6. The normalized spacial score (nSPS) is 11.1. The van der Waals surface area contributed by atoms with Gasteiger partial charge in [-0.15, -0.1) is 24.0 Å². The van der Waals surface area contributed by atoms with E-state index in [1.54, 1.807) is 0 Å². The van der Waals surface area contributed by atoms with Crippen molar-refractivity contribution in [3.8, 4) is 0 Å². The van der Waals surface area contributed by atoms with Gasteiger partial charge in [0.1, 0.15) is 5.76 Å². The maximum atomic E-state index is 5.59. The van der Waals surface area contributed by atoms with Crippen molar-refractivity contribution in [1.29, 1.82) is 0 Å². The summed E-state index contributed by atoms with van der Waals surface area (Å²) in [6, 6.07) is 8.42. The molecule has 0 saturated heterocycles. The molecule has 0 fully saturated rings.